The van der Waals surface area contributed by atoms with Gasteiger partial charge >= 0.3 is 0 Å². The molecule has 1 radical (unpaired) electrons. The molecule has 4 aromatic heterocycles. The van der Waals surface area contributed by atoms with Crippen molar-refractivity contribution >= 4 is 33.0 Å². The third-order valence-electron chi connectivity index (χ3n) is 10.3. The summed E-state index contributed by atoms with van der Waals surface area (Å²) in [4.78, 5) is 14.6. The summed E-state index contributed by atoms with van der Waals surface area (Å²) in [6.45, 7) is 15.6. The molecule has 6 heteroatoms. The second-order valence-electron chi connectivity index (χ2n) is 15.9. The number of aromatic nitrogens is 4. The van der Waals surface area contributed by atoms with Gasteiger partial charge in [-0.1, -0.05) is 132 Å². The standard InChI is InChI=1S/C34H34N3O.C17H12N.Ir/c1-20(2)22-13-10-14-23(21(3)4)30(22)37-27-18-19-35-32(34(5,6)7)29(27)36-33(37)26-16-11-15-25-24-12-8-9-17-28(24)38-31(25)26;1-3-7-14(8-4-1)16-11-12-18-17(13-16)15-9-5-2-6-10-15;/h8-15,17-21H,1-7H3;1-9,11-13H;/q2*-1;. The number of benzene rings is 5. The molecule has 4 heterocycles. The van der Waals surface area contributed by atoms with Gasteiger partial charge in [-0.05, 0) is 58.0 Å². The predicted octanol–water partition coefficient (Wildman–Crippen LogP) is 13.5. The van der Waals surface area contributed by atoms with E-state index in [4.69, 9.17) is 14.4 Å². The molecule has 0 atom stereocenters. The van der Waals surface area contributed by atoms with Crippen molar-refractivity contribution in [2.75, 3.05) is 0 Å². The second kappa shape index (κ2) is 16.4. The molecule has 57 heavy (non-hydrogen) atoms. The fourth-order valence-corrected chi connectivity index (χ4v) is 7.51. The van der Waals surface area contributed by atoms with Crippen molar-refractivity contribution in [3.8, 4) is 39.5 Å². The van der Waals surface area contributed by atoms with Crippen molar-refractivity contribution < 1.29 is 24.5 Å². The maximum absolute atomic E-state index is 6.48. The fourth-order valence-electron chi connectivity index (χ4n) is 7.51. The number of imidazole rings is 1. The number of para-hydroxylation sites is 2. The van der Waals surface area contributed by atoms with Gasteiger partial charge in [0, 0.05) is 49.0 Å². The van der Waals surface area contributed by atoms with E-state index in [1.165, 1.54) is 27.9 Å². The Morgan fingerprint density at radius 3 is 2.05 bits per heavy atom. The fraction of sp³-hybridized carbons (Fsp3) is 0.196. The molecule has 0 aliphatic carbocycles. The predicted molar refractivity (Wildman–Crippen MR) is 231 cm³/mol. The van der Waals surface area contributed by atoms with E-state index in [2.05, 4.69) is 131 Å². The molecule has 0 aliphatic heterocycles. The van der Waals surface area contributed by atoms with Crippen molar-refractivity contribution in [2.45, 2.75) is 65.7 Å². The average Bonchev–Trinajstić information content (AvgIpc) is 3.80. The first-order valence-electron chi connectivity index (χ1n) is 19.4. The minimum Gasteiger partial charge on any atom is -0.501 e. The zero-order chi connectivity index (χ0) is 39.0. The topological polar surface area (TPSA) is 56.7 Å². The van der Waals surface area contributed by atoms with Crippen LogP contribution in [-0.2, 0) is 25.5 Å². The Bertz CT molecular complexity index is 2710. The van der Waals surface area contributed by atoms with Crippen molar-refractivity contribution in [3.63, 3.8) is 0 Å². The summed E-state index contributed by atoms with van der Waals surface area (Å²) in [5.74, 6) is 1.51. The van der Waals surface area contributed by atoms with Crippen LogP contribution in [0.3, 0.4) is 0 Å². The summed E-state index contributed by atoms with van der Waals surface area (Å²) >= 11 is 0. The van der Waals surface area contributed by atoms with Gasteiger partial charge in [0.15, 0.2) is 0 Å². The van der Waals surface area contributed by atoms with Crippen molar-refractivity contribution in [1.82, 2.24) is 19.5 Å². The van der Waals surface area contributed by atoms with E-state index in [9.17, 15) is 0 Å². The van der Waals surface area contributed by atoms with Gasteiger partial charge in [-0.15, -0.1) is 54.1 Å². The van der Waals surface area contributed by atoms with Crippen LogP contribution >= 0.6 is 0 Å². The number of pyridine rings is 2. The van der Waals surface area contributed by atoms with Gasteiger partial charge in [0.05, 0.1) is 28.1 Å². The van der Waals surface area contributed by atoms with Crippen LogP contribution in [0.4, 0.5) is 0 Å². The largest absolute Gasteiger partial charge is 0.501 e. The normalized spacial score (nSPS) is 11.6. The minimum absolute atomic E-state index is 0. The van der Waals surface area contributed by atoms with Crippen molar-refractivity contribution in [2.24, 2.45) is 0 Å². The number of furan rings is 1. The van der Waals surface area contributed by atoms with Crippen molar-refractivity contribution in [3.05, 3.63) is 169 Å². The molecule has 0 spiro atoms. The molecule has 0 saturated carbocycles. The van der Waals surface area contributed by atoms with Gasteiger partial charge in [-0.25, -0.2) is 0 Å². The Morgan fingerprint density at radius 2 is 1.35 bits per heavy atom. The van der Waals surface area contributed by atoms with Gasteiger partial charge in [0.25, 0.3) is 0 Å². The molecule has 0 bridgehead atoms. The minimum atomic E-state index is -0.163. The molecule has 5 aromatic carbocycles. The first-order chi connectivity index (χ1) is 27.1. The third-order valence-corrected chi connectivity index (χ3v) is 10.3. The van der Waals surface area contributed by atoms with Crippen LogP contribution in [0.5, 0.6) is 0 Å². The van der Waals surface area contributed by atoms with Crippen LogP contribution in [0, 0.1) is 12.1 Å². The van der Waals surface area contributed by atoms with Gasteiger partial charge < -0.3 is 14.0 Å². The Hall–Kier alpha value is -5.68. The molecule has 0 fully saturated rings. The van der Waals surface area contributed by atoms with E-state index < -0.39 is 0 Å². The molecule has 9 aromatic rings. The molecule has 0 N–H and O–H groups in total. The van der Waals surface area contributed by atoms with Crippen LogP contribution < -0.4 is 0 Å². The zero-order valence-electron chi connectivity index (χ0n) is 33.5. The molecule has 5 nitrogen and oxygen atoms in total. The number of rotatable bonds is 6. The SMILES string of the molecule is CC(C)c1cccc(C(C)C)c1-n1c(-c2[c-]ccc3c2oc2ccccc23)nc2c(C(C)(C)C)nccc21.[Ir].[c-]1ccccc1-c1cc(-c2ccccc2)ccn1. The molecule has 0 amide bonds. The van der Waals surface area contributed by atoms with Gasteiger partial charge in [-0.2, -0.15) is 0 Å². The van der Waals surface area contributed by atoms with Crippen LogP contribution in [0.15, 0.2) is 144 Å². The molecular formula is C51H46IrN4O-2. The summed E-state index contributed by atoms with van der Waals surface area (Å²) < 4.78 is 8.82. The van der Waals surface area contributed by atoms with E-state index in [0.29, 0.717) is 11.8 Å². The molecule has 287 valence electrons. The maximum atomic E-state index is 6.48. The molecular weight excluding hydrogens is 877 g/mol. The summed E-state index contributed by atoms with van der Waals surface area (Å²) in [6, 6.07) is 50.1. The van der Waals surface area contributed by atoms with Gasteiger partial charge in [-0.3, -0.25) is 9.97 Å². The van der Waals surface area contributed by atoms with E-state index in [1.807, 2.05) is 79.1 Å². The monoisotopic (exact) mass is 923 g/mol. The first kappa shape index (κ1) is 39.6. The van der Waals surface area contributed by atoms with E-state index in [-0.39, 0.29) is 25.5 Å². The molecule has 0 saturated heterocycles. The average molecular weight is 923 g/mol. The summed E-state index contributed by atoms with van der Waals surface area (Å²) in [5.41, 5.74) is 13.5. The first-order valence-corrected chi connectivity index (χ1v) is 19.4. The quantitative estimate of drug-likeness (QED) is 0.156. The summed E-state index contributed by atoms with van der Waals surface area (Å²) in [7, 11) is 0. The van der Waals surface area contributed by atoms with Crippen LogP contribution in [0.2, 0.25) is 0 Å². The number of hydrogen-bond acceptors (Lipinski definition) is 4. The molecule has 9 rings (SSSR count). The Labute approximate surface area is 349 Å². The second-order valence-corrected chi connectivity index (χ2v) is 15.9. The van der Waals surface area contributed by atoms with Crippen LogP contribution in [0.1, 0.15) is 77.1 Å². The summed E-state index contributed by atoms with van der Waals surface area (Å²) in [6.07, 6.45) is 3.77. The Balaban J connectivity index is 0.000000219. The Morgan fingerprint density at radius 1 is 0.649 bits per heavy atom. The summed E-state index contributed by atoms with van der Waals surface area (Å²) in [5, 5.41) is 2.17. The smallest absolute Gasteiger partial charge is 0.120 e. The van der Waals surface area contributed by atoms with Gasteiger partial charge in [0.1, 0.15) is 5.58 Å². The maximum Gasteiger partial charge on any atom is 0.120 e. The number of hydrogen-bond donors (Lipinski definition) is 0. The number of nitrogens with zero attached hydrogens (tertiary/aromatic N) is 4. The Kier molecular flexibility index (Phi) is 11.4. The van der Waals surface area contributed by atoms with E-state index >= 15 is 0 Å². The molecule has 0 aliphatic rings. The van der Waals surface area contributed by atoms with Gasteiger partial charge in [0.2, 0.25) is 0 Å². The van der Waals surface area contributed by atoms with Crippen LogP contribution in [0.25, 0.3) is 72.4 Å². The number of fused-ring (bicyclic) bond motifs is 4. The zero-order valence-corrected chi connectivity index (χ0v) is 35.9. The van der Waals surface area contributed by atoms with Crippen molar-refractivity contribution in [1.29, 1.82) is 0 Å². The van der Waals surface area contributed by atoms with Crippen LogP contribution in [-0.4, -0.2) is 19.5 Å². The van der Waals surface area contributed by atoms with E-state index in [0.717, 1.165) is 61.3 Å². The third kappa shape index (κ3) is 7.73. The van der Waals surface area contributed by atoms with E-state index in [1.54, 1.807) is 0 Å². The molecule has 0 unspecified atom stereocenters.